The lowest BCUT2D eigenvalue weighted by atomic mass is 10.1. The van der Waals surface area contributed by atoms with E-state index in [0.29, 0.717) is 15.8 Å². The summed E-state index contributed by atoms with van der Waals surface area (Å²) in [7, 11) is 0. The van der Waals surface area contributed by atoms with E-state index in [2.05, 4.69) is 20.6 Å². The third-order valence-electron chi connectivity index (χ3n) is 4.14. The van der Waals surface area contributed by atoms with Gasteiger partial charge in [0.05, 0.1) is 17.3 Å². The van der Waals surface area contributed by atoms with Crippen LogP contribution in [0, 0.1) is 6.92 Å². The number of hydrogen-bond acceptors (Lipinski definition) is 6. The molecule has 0 bridgehead atoms. The predicted octanol–water partition coefficient (Wildman–Crippen LogP) is 3.83. The van der Waals surface area contributed by atoms with E-state index in [0.717, 1.165) is 29.1 Å². The molecule has 132 valence electrons. The van der Waals surface area contributed by atoms with Gasteiger partial charge >= 0.3 is 0 Å². The van der Waals surface area contributed by atoms with Gasteiger partial charge in [-0.3, -0.25) is 14.9 Å². The normalized spacial score (nSPS) is 15.5. The molecule has 26 heavy (non-hydrogen) atoms. The van der Waals surface area contributed by atoms with Crippen molar-refractivity contribution >= 4 is 44.8 Å². The quantitative estimate of drug-likeness (QED) is 0.716. The molecule has 1 unspecified atom stereocenters. The molecule has 0 spiro atoms. The highest BCUT2D eigenvalue weighted by Gasteiger charge is 2.33. The first-order chi connectivity index (χ1) is 12.6. The van der Waals surface area contributed by atoms with Crippen LogP contribution in [0.4, 0.5) is 10.3 Å². The van der Waals surface area contributed by atoms with Crippen LogP contribution < -0.4 is 10.6 Å². The Morgan fingerprint density at radius 2 is 1.92 bits per heavy atom. The topological polar surface area (TPSA) is 84.0 Å². The van der Waals surface area contributed by atoms with Gasteiger partial charge < -0.3 is 5.32 Å². The standard InChI is InChI=1S/C18H16N4O2S2/c1-10-9-25-17(19-10)22-16(24)12-7-8-13-14(12)20-18(26-13)21-15(23)11-5-3-2-4-6-11/h2-6,9,12H,7-8H2,1H3,(H,19,22,24)(H,20,21,23). The van der Waals surface area contributed by atoms with Gasteiger partial charge in [-0.15, -0.1) is 22.7 Å². The fourth-order valence-electron chi connectivity index (χ4n) is 2.90. The van der Waals surface area contributed by atoms with E-state index in [1.165, 1.54) is 22.7 Å². The van der Waals surface area contributed by atoms with Crippen LogP contribution >= 0.6 is 22.7 Å². The molecule has 0 radical (unpaired) electrons. The Hall–Kier alpha value is -2.58. The monoisotopic (exact) mass is 384 g/mol. The Bertz CT molecular complexity index is 965. The summed E-state index contributed by atoms with van der Waals surface area (Å²) < 4.78 is 0. The minimum Gasteiger partial charge on any atom is -0.301 e. The Morgan fingerprint density at radius 3 is 2.65 bits per heavy atom. The van der Waals surface area contributed by atoms with Gasteiger partial charge in [0, 0.05) is 15.8 Å². The van der Waals surface area contributed by atoms with Crippen LogP contribution in [0.5, 0.6) is 0 Å². The molecule has 2 N–H and O–H groups in total. The number of rotatable bonds is 4. The van der Waals surface area contributed by atoms with Crippen LogP contribution in [0.3, 0.4) is 0 Å². The van der Waals surface area contributed by atoms with Crippen molar-refractivity contribution < 1.29 is 9.59 Å². The molecule has 1 atom stereocenters. The SMILES string of the molecule is Cc1csc(NC(=O)C2CCc3sc(NC(=O)c4ccccc4)nc32)n1. The van der Waals surface area contributed by atoms with Crippen LogP contribution in [-0.2, 0) is 11.2 Å². The smallest absolute Gasteiger partial charge is 0.257 e. The van der Waals surface area contributed by atoms with Gasteiger partial charge in [-0.1, -0.05) is 18.2 Å². The van der Waals surface area contributed by atoms with Gasteiger partial charge in [0.1, 0.15) is 0 Å². The Morgan fingerprint density at radius 1 is 1.12 bits per heavy atom. The largest absolute Gasteiger partial charge is 0.301 e. The molecule has 0 aliphatic heterocycles. The number of aromatic nitrogens is 2. The molecule has 1 aliphatic carbocycles. The molecule has 8 heteroatoms. The van der Waals surface area contributed by atoms with E-state index in [-0.39, 0.29) is 17.7 Å². The Labute approximate surface area is 158 Å². The molecule has 0 saturated carbocycles. The molecule has 0 fully saturated rings. The molecule has 6 nitrogen and oxygen atoms in total. The molecule has 4 rings (SSSR count). The number of amides is 2. The summed E-state index contributed by atoms with van der Waals surface area (Å²) in [5.41, 5.74) is 2.23. The number of anilines is 2. The summed E-state index contributed by atoms with van der Waals surface area (Å²) in [6.07, 6.45) is 1.53. The fourth-order valence-corrected chi connectivity index (χ4v) is 4.62. The first-order valence-electron chi connectivity index (χ1n) is 8.19. The zero-order valence-corrected chi connectivity index (χ0v) is 15.6. The van der Waals surface area contributed by atoms with Gasteiger partial charge in [-0.25, -0.2) is 9.97 Å². The summed E-state index contributed by atoms with van der Waals surface area (Å²) in [5, 5.41) is 8.73. The maximum absolute atomic E-state index is 12.6. The first kappa shape index (κ1) is 16.9. The average Bonchev–Trinajstić information content (AvgIpc) is 3.31. The number of hydrogen-bond donors (Lipinski definition) is 2. The maximum atomic E-state index is 12.6. The van der Waals surface area contributed by atoms with E-state index in [9.17, 15) is 9.59 Å². The summed E-state index contributed by atoms with van der Waals surface area (Å²) in [6, 6.07) is 9.00. The van der Waals surface area contributed by atoms with E-state index >= 15 is 0 Å². The van der Waals surface area contributed by atoms with Crippen molar-refractivity contribution in [1.29, 1.82) is 0 Å². The lowest BCUT2D eigenvalue weighted by molar-refractivity contribution is -0.117. The lowest BCUT2D eigenvalue weighted by Crippen LogP contribution is -2.20. The molecule has 0 saturated heterocycles. The number of aryl methyl sites for hydroxylation is 2. The molecular weight excluding hydrogens is 368 g/mol. The van der Waals surface area contributed by atoms with Crippen LogP contribution in [0.25, 0.3) is 0 Å². The third-order valence-corrected chi connectivity index (χ3v) is 6.06. The highest BCUT2D eigenvalue weighted by Crippen LogP contribution is 2.39. The van der Waals surface area contributed by atoms with E-state index in [1.54, 1.807) is 12.1 Å². The molecule has 3 aromatic rings. The molecule has 2 amide bonds. The van der Waals surface area contributed by atoms with Crippen molar-refractivity contribution in [2.24, 2.45) is 0 Å². The number of nitrogens with one attached hydrogen (secondary N) is 2. The fraction of sp³-hybridized carbons (Fsp3) is 0.222. The molecule has 2 aromatic heterocycles. The van der Waals surface area contributed by atoms with Crippen molar-refractivity contribution in [3.63, 3.8) is 0 Å². The molecule has 1 aromatic carbocycles. The number of thiazole rings is 2. The van der Waals surface area contributed by atoms with E-state index in [1.807, 2.05) is 30.5 Å². The number of nitrogens with zero attached hydrogens (tertiary/aromatic N) is 2. The summed E-state index contributed by atoms with van der Waals surface area (Å²) >= 11 is 2.85. The lowest BCUT2D eigenvalue weighted by Gasteiger charge is -2.08. The highest BCUT2D eigenvalue weighted by atomic mass is 32.1. The van der Waals surface area contributed by atoms with Crippen molar-refractivity contribution in [3.8, 4) is 0 Å². The van der Waals surface area contributed by atoms with Gasteiger partial charge in [0.15, 0.2) is 10.3 Å². The summed E-state index contributed by atoms with van der Waals surface area (Å²) in [4.78, 5) is 34.7. The van der Waals surface area contributed by atoms with Crippen molar-refractivity contribution in [2.75, 3.05) is 10.6 Å². The molecular formula is C18H16N4O2S2. The Kier molecular flexibility index (Phi) is 4.52. The third kappa shape index (κ3) is 3.38. The van der Waals surface area contributed by atoms with Crippen molar-refractivity contribution in [1.82, 2.24) is 9.97 Å². The van der Waals surface area contributed by atoms with Gasteiger partial charge in [-0.2, -0.15) is 0 Å². The zero-order valence-electron chi connectivity index (χ0n) is 14.0. The summed E-state index contributed by atoms with van der Waals surface area (Å²) in [5.74, 6) is -0.588. The second kappa shape index (κ2) is 6.97. The average molecular weight is 384 g/mol. The Balaban J connectivity index is 1.47. The summed E-state index contributed by atoms with van der Waals surface area (Å²) in [6.45, 7) is 1.89. The van der Waals surface area contributed by atoms with Gasteiger partial charge in [-0.05, 0) is 31.9 Å². The minimum atomic E-state index is -0.298. The number of fused-ring (bicyclic) bond motifs is 1. The van der Waals surface area contributed by atoms with Gasteiger partial charge in [0.2, 0.25) is 5.91 Å². The van der Waals surface area contributed by atoms with Crippen LogP contribution in [0.15, 0.2) is 35.7 Å². The van der Waals surface area contributed by atoms with Crippen LogP contribution in [-0.4, -0.2) is 21.8 Å². The van der Waals surface area contributed by atoms with E-state index in [4.69, 9.17) is 0 Å². The minimum absolute atomic E-state index is 0.0932. The first-order valence-corrected chi connectivity index (χ1v) is 9.89. The number of carbonyl (C=O) groups excluding carboxylic acids is 2. The van der Waals surface area contributed by atoms with Crippen molar-refractivity contribution in [2.45, 2.75) is 25.7 Å². The zero-order chi connectivity index (χ0) is 18.1. The number of benzene rings is 1. The number of carbonyl (C=O) groups is 2. The predicted molar refractivity (Wildman–Crippen MR) is 103 cm³/mol. The highest BCUT2D eigenvalue weighted by molar-refractivity contribution is 7.16. The second-order valence-corrected chi connectivity index (χ2v) is 7.96. The maximum Gasteiger partial charge on any atom is 0.257 e. The second-order valence-electron chi connectivity index (χ2n) is 6.02. The molecule has 1 aliphatic rings. The van der Waals surface area contributed by atoms with Gasteiger partial charge in [0.25, 0.3) is 5.91 Å². The van der Waals surface area contributed by atoms with Crippen molar-refractivity contribution in [3.05, 3.63) is 57.5 Å². The molecule has 2 heterocycles. The van der Waals surface area contributed by atoms with E-state index < -0.39 is 0 Å². The van der Waals surface area contributed by atoms with Crippen LogP contribution in [0.1, 0.15) is 39.0 Å². The van der Waals surface area contributed by atoms with Crippen LogP contribution in [0.2, 0.25) is 0 Å².